The van der Waals surface area contributed by atoms with Crippen molar-refractivity contribution in [3.05, 3.63) is 101 Å². The van der Waals surface area contributed by atoms with Crippen molar-refractivity contribution in [2.24, 2.45) is 0 Å². The Balaban J connectivity index is 1.33. The Kier molecular flexibility index (Phi) is 11.6. The first-order chi connectivity index (χ1) is 21.8. The third-order valence-electron chi connectivity index (χ3n) is 8.35. The molecule has 2 fully saturated rings. The standard InChI is InChI=1S/C34H41ClN4O5S/c35-30-13-8-28(9-14-30)26-39(32(40)17-12-27-10-15-31(16-11-27)45(42,43)38-19-4-5-20-38)33(29-6-2-1-3-7-29)34(41)36-18-21-37-22-24-44-25-23-37/h1-3,6-11,13-16,33H,4-5,12,17-26H2,(H,36,41)/t33-/m0/s1. The van der Waals surface area contributed by atoms with Crippen LogP contribution in [-0.2, 0) is 37.3 Å². The summed E-state index contributed by atoms with van der Waals surface area (Å²) in [6, 6.07) is 22.6. The number of sulfonamides is 1. The van der Waals surface area contributed by atoms with Gasteiger partial charge in [0, 0.05) is 57.3 Å². The van der Waals surface area contributed by atoms with Crippen LogP contribution < -0.4 is 5.32 Å². The zero-order valence-electron chi connectivity index (χ0n) is 25.4. The van der Waals surface area contributed by atoms with Crippen LogP contribution in [0.5, 0.6) is 0 Å². The largest absolute Gasteiger partial charge is 0.379 e. The highest BCUT2D eigenvalue weighted by Gasteiger charge is 2.32. The van der Waals surface area contributed by atoms with E-state index in [9.17, 15) is 18.0 Å². The van der Waals surface area contributed by atoms with Crippen molar-refractivity contribution >= 4 is 33.4 Å². The molecule has 0 saturated carbocycles. The lowest BCUT2D eigenvalue weighted by molar-refractivity contribution is -0.141. The van der Waals surface area contributed by atoms with Crippen LogP contribution in [0.15, 0.2) is 83.8 Å². The number of carbonyl (C=O) groups is 2. The number of ether oxygens (including phenoxy) is 1. The zero-order chi connectivity index (χ0) is 31.6. The molecule has 5 rings (SSSR count). The molecule has 45 heavy (non-hydrogen) atoms. The highest BCUT2D eigenvalue weighted by molar-refractivity contribution is 7.89. The molecule has 240 valence electrons. The average Bonchev–Trinajstić information content (AvgIpc) is 3.62. The molecule has 2 amide bonds. The Hall–Kier alpha value is -3.28. The van der Waals surface area contributed by atoms with E-state index in [1.165, 1.54) is 4.31 Å². The van der Waals surface area contributed by atoms with E-state index in [1.54, 1.807) is 41.3 Å². The Morgan fingerprint density at radius 1 is 0.867 bits per heavy atom. The normalized spacial score (nSPS) is 16.7. The number of amides is 2. The summed E-state index contributed by atoms with van der Waals surface area (Å²) in [5.74, 6) is -0.427. The number of morpholine rings is 1. The first kappa shape index (κ1) is 33.1. The molecule has 2 aliphatic rings. The van der Waals surface area contributed by atoms with Crippen LogP contribution in [0.1, 0.15) is 42.0 Å². The second-order valence-electron chi connectivity index (χ2n) is 11.5. The van der Waals surface area contributed by atoms with E-state index < -0.39 is 16.1 Å². The van der Waals surface area contributed by atoms with Crippen LogP contribution in [0.3, 0.4) is 0 Å². The summed E-state index contributed by atoms with van der Waals surface area (Å²) < 4.78 is 32.8. The van der Waals surface area contributed by atoms with Gasteiger partial charge in [0.1, 0.15) is 6.04 Å². The SMILES string of the molecule is O=C(NCCN1CCOCC1)[C@H](c1ccccc1)N(Cc1ccc(Cl)cc1)C(=O)CCc1ccc(S(=O)(=O)N2CCCC2)cc1. The molecule has 0 unspecified atom stereocenters. The van der Waals surface area contributed by atoms with Crippen LogP contribution in [0.25, 0.3) is 0 Å². The van der Waals surface area contributed by atoms with E-state index in [4.69, 9.17) is 16.3 Å². The smallest absolute Gasteiger partial charge is 0.247 e. The average molecular weight is 653 g/mol. The molecule has 1 N–H and O–H groups in total. The second kappa shape index (κ2) is 15.8. The van der Waals surface area contributed by atoms with Gasteiger partial charge in [0.25, 0.3) is 0 Å². The molecule has 9 nitrogen and oxygen atoms in total. The van der Waals surface area contributed by atoms with Crippen LogP contribution in [0.2, 0.25) is 5.02 Å². The van der Waals surface area contributed by atoms with Crippen molar-refractivity contribution in [1.29, 1.82) is 0 Å². The van der Waals surface area contributed by atoms with Crippen LogP contribution >= 0.6 is 11.6 Å². The fourth-order valence-corrected chi connectivity index (χ4v) is 7.42. The third kappa shape index (κ3) is 8.92. The van der Waals surface area contributed by atoms with Crippen molar-refractivity contribution < 1.29 is 22.7 Å². The number of nitrogens with zero attached hydrogens (tertiary/aromatic N) is 3. The monoisotopic (exact) mass is 652 g/mol. The Morgan fingerprint density at radius 2 is 1.51 bits per heavy atom. The number of carbonyl (C=O) groups excluding carboxylic acids is 2. The molecular weight excluding hydrogens is 612 g/mol. The quantitative estimate of drug-likeness (QED) is 0.296. The molecule has 0 bridgehead atoms. The summed E-state index contributed by atoms with van der Waals surface area (Å²) in [6.45, 7) is 5.48. The van der Waals surface area contributed by atoms with Crippen LogP contribution in [-0.4, -0.2) is 86.8 Å². The van der Waals surface area contributed by atoms with E-state index >= 15 is 0 Å². The minimum atomic E-state index is -3.51. The molecule has 0 spiro atoms. The summed E-state index contributed by atoms with van der Waals surface area (Å²) in [6.07, 6.45) is 2.31. The van der Waals surface area contributed by atoms with Crippen LogP contribution in [0.4, 0.5) is 0 Å². The van der Waals surface area contributed by atoms with E-state index in [1.807, 2.05) is 42.5 Å². The number of aryl methyl sites for hydroxylation is 1. The number of hydrogen-bond acceptors (Lipinski definition) is 6. The van der Waals surface area contributed by atoms with Gasteiger partial charge in [-0.3, -0.25) is 14.5 Å². The maximum atomic E-state index is 14.0. The van der Waals surface area contributed by atoms with Crippen molar-refractivity contribution in [1.82, 2.24) is 19.4 Å². The van der Waals surface area contributed by atoms with Gasteiger partial charge in [-0.1, -0.05) is 66.2 Å². The van der Waals surface area contributed by atoms with E-state index in [2.05, 4.69) is 10.2 Å². The molecule has 0 aromatic heterocycles. The summed E-state index contributed by atoms with van der Waals surface area (Å²) in [4.78, 5) is 32.0. The van der Waals surface area contributed by atoms with E-state index in [-0.39, 0.29) is 29.7 Å². The first-order valence-electron chi connectivity index (χ1n) is 15.6. The molecule has 2 aliphatic heterocycles. The van der Waals surface area contributed by atoms with Crippen LogP contribution in [0, 0.1) is 0 Å². The predicted molar refractivity (Wildman–Crippen MR) is 174 cm³/mol. The summed E-state index contributed by atoms with van der Waals surface area (Å²) >= 11 is 6.14. The first-order valence-corrected chi connectivity index (χ1v) is 17.4. The number of benzene rings is 3. The summed E-state index contributed by atoms with van der Waals surface area (Å²) in [5, 5.41) is 3.67. The van der Waals surface area contributed by atoms with Gasteiger partial charge in [-0.25, -0.2) is 8.42 Å². The lowest BCUT2D eigenvalue weighted by Gasteiger charge is -2.32. The molecule has 11 heteroatoms. The number of hydrogen-bond donors (Lipinski definition) is 1. The topological polar surface area (TPSA) is 99.3 Å². The van der Waals surface area contributed by atoms with Gasteiger partial charge in [0.05, 0.1) is 18.1 Å². The predicted octanol–water partition coefficient (Wildman–Crippen LogP) is 4.28. The molecule has 3 aromatic carbocycles. The van der Waals surface area contributed by atoms with Gasteiger partial charge < -0.3 is 15.0 Å². The van der Waals surface area contributed by atoms with Crippen molar-refractivity contribution in [2.45, 2.75) is 43.2 Å². The Bertz CT molecular complexity index is 1510. The molecule has 2 saturated heterocycles. The minimum Gasteiger partial charge on any atom is -0.379 e. The maximum absolute atomic E-state index is 14.0. The number of rotatable bonds is 13. The molecule has 2 heterocycles. The van der Waals surface area contributed by atoms with Crippen molar-refractivity contribution in [3.63, 3.8) is 0 Å². The fourth-order valence-electron chi connectivity index (χ4n) is 5.78. The fraction of sp³-hybridized carbons (Fsp3) is 0.412. The Labute approximate surface area is 271 Å². The zero-order valence-corrected chi connectivity index (χ0v) is 27.0. The summed E-state index contributed by atoms with van der Waals surface area (Å²) in [5.41, 5.74) is 2.42. The number of halogens is 1. The molecule has 0 aliphatic carbocycles. The highest BCUT2D eigenvalue weighted by atomic mass is 35.5. The van der Waals surface area contributed by atoms with Crippen molar-refractivity contribution in [2.75, 3.05) is 52.5 Å². The van der Waals surface area contributed by atoms with E-state index in [0.29, 0.717) is 50.8 Å². The van der Waals surface area contributed by atoms with Gasteiger partial charge in [-0.15, -0.1) is 0 Å². The van der Waals surface area contributed by atoms with Gasteiger partial charge in [0.15, 0.2) is 0 Å². The second-order valence-corrected chi connectivity index (χ2v) is 13.8. The molecule has 3 aromatic rings. The summed E-state index contributed by atoms with van der Waals surface area (Å²) in [7, 11) is -3.51. The molecule has 1 atom stereocenters. The lowest BCUT2D eigenvalue weighted by Crippen LogP contribution is -2.46. The van der Waals surface area contributed by atoms with Crippen molar-refractivity contribution in [3.8, 4) is 0 Å². The Morgan fingerprint density at radius 3 is 2.18 bits per heavy atom. The third-order valence-corrected chi connectivity index (χ3v) is 10.5. The minimum absolute atomic E-state index is 0.149. The van der Waals surface area contributed by atoms with Gasteiger partial charge in [-0.05, 0) is 60.2 Å². The van der Waals surface area contributed by atoms with Gasteiger partial charge in [0.2, 0.25) is 21.8 Å². The maximum Gasteiger partial charge on any atom is 0.247 e. The highest BCUT2D eigenvalue weighted by Crippen LogP contribution is 2.26. The van der Waals surface area contributed by atoms with Gasteiger partial charge in [-0.2, -0.15) is 4.31 Å². The lowest BCUT2D eigenvalue weighted by atomic mass is 10.0. The van der Waals surface area contributed by atoms with E-state index in [0.717, 1.165) is 42.6 Å². The van der Waals surface area contributed by atoms with Gasteiger partial charge >= 0.3 is 0 Å². The molecular formula is C34H41ClN4O5S. The number of nitrogens with one attached hydrogen (secondary N) is 1. The molecule has 0 radical (unpaired) electrons.